The van der Waals surface area contributed by atoms with E-state index in [9.17, 15) is 4.79 Å². The second-order valence-corrected chi connectivity index (χ2v) is 8.40. The first-order chi connectivity index (χ1) is 16.6. The van der Waals surface area contributed by atoms with Crippen molar-refractivity contribution in [2.24, 2.45) is 0 Å². The Morgan fingerprint density at radius 3 is 1.91 bits per heavy atom. The molecule has 0 bridgehead atoms. The number of methoxy groups -OCH3 is 2. The maximum atomic E-state index is 14.3. The van der Waals surface area contributed by atoms with Gasteiger partial charge in [-0.3, -0.25) is 4.79 Å². The highest BCUT2D eigenvalue weighted by atomic mass is 35.5. The molecule has 0 aliphatic heterocycles. The summed E-state index contributed by atoms with van der Waals surface area (Å²) in [6.07, 6.45) is 0.447. The fourth-order valence-electron chi connectivity index (χ4n) is 4.20. The quantitative estimate of drug-likeness (QED) is 0.318. The lowest BCUT2D eigenvalue weighted by Crippen LogP contribution is -2.43. The van der Waals surface area contributed by atoms with Gasteiger partial charge in [0.25, 0.3) is 0 Å². The molecular weight excluding hydrogens is 446 g/mol. The Hall–Kier alpha value is -3.76. The zero-order chi connectivity index (χ0) is 24.0. The van der Waals surface area contributed by atoms with Gasteiger partial charge in [0.05, 0.1) is 19.9 Å². The first-order valence-electron chi connectivity index (χ1n) is 11.0. The Kier molecular flexibility index (Phi) is 7.19. The van der Waals surface area contributed by atoms with E-state index >= 15 is 0 Å². The number of amides is 1. The van der Waals surface area contributed by atoms with Crippen molar-refractivity contribution >= 4 is 23.2 Å². The van der Waals surface area contributed by atoms with Crippen molar-refractivity contribution in [1.82, 2.24) is 0 Å². The monoisotopic (exact) mass is 471 g/mol. The van der Waals surface area contributed by atoms with Gasteiger partial charge in [-0.05, 0) is 47.4 Å². The highest BCUT2D eigenvalue weighted by Crippen LogP contribution is 2.39. The average Bonchev–Trinajstić information content (AvgIpc) is 2.89. The molecule has 0 fully saturated rings. The van der Waals surface area contributed by atoms with Crippen LogP contribution in [0.25, 0.3) is 0 Å². The van der Waals surface area contributed by atoms with Gasteiger partial charge in [-0.2, -0.15) is 0 Å². The van der Waals surface area contributed by atoms with E-state index in [4.69, 9.17) is 21.1 Å². The fourth-order valence-corrected chi connectivity index (χ4v) is 4.32. The van der Waals surface area contributed by atoms with Crippen molar-refractivity contribution in [3.05, 3.63) is 125 Å². The van der Waals surface area contributed by atoms with Gasteiger partial charge in [0.2, 0.25) is 5.91 Å². The first-order valence-corrected chi connectivity index (χ1v) is 11.3. The van der Waals surface area contributed by atoms with E-state index in [-0.39, 0.29) is 5.91 Å². The molecule has 0 saturated carbocycles. The van der Waals surface area contributed by atoms with Crippen molar-refractivity contribution in [3.63, 3.8) is 0 Å². The minimum Gasteiger partial charge on any atom is -0.497 e. The highest BCUT2D eigenvalue weighted by molar-refractivity contribution is 6.30. The predicted octanol–water partition coefficient (Wildman–Crippen LogP) is 6.52. The van der Waals surface area contributed by atoms with E-state index in [2.05, 4.69) is 5.32 Å². The summed E-state index contributed by atoms with van der Waals surface area (Å²) in [6.45, 7) is 0. The molecule has 5 heteroatoms. The minimum atomic E-state index is -0.999. The summed E-state index contributed by atoms with van der Waals surface area (Å²) in [7, 11) is 3.16. The number of anilines is 1. The van der Waals surface area contributed by atoms with Crippen LogP contribution >= 0.6 is 11.6 Å². The summed E-state index contributed by atoms with van der Waals surface area (Å²) in [5.74, 6) is 1.01. The summed E-state index contributed by atoms with van der Waals surface area (Å²) < 4.78 is 10.8. The molecule has 1 N–H and O–H groups in total. The molecule has 0 heterocycles. The maximum Gasteiger partial charge on any atom is 0.239 e. The summed E-state index contributed by atoms with van der Waals surface area (Å²) in [5.41, 5.74) is 2.35. The average molecular weight is 472 g/mol. The van der Waals surface area contributed by atoms with Gasteiger partial charge in [0.1, 0.15) is 16.9 Å². The third-order valence-electron chi connectivity index (χ3n) is 5.96. The molecule has 0 aliphatic rings. The Morgan fingerprint density at radius 2 is 1.38 bits per heavy atom. The van der Waals surface area contributed by atoms with Gasteiger partial charge in [0.15, 0.2) is 0 Å². The first kappa shape index (κ1) is 23.4. The van der Waals surface area contributed by atoms with E-state index in [1.807, 2.05) is 84.9 Å². The number of halogens is 1. The number of carbonyl (C=O) groups excluding carboxylic acids is 1. The second-order valence-electron chi connectivity index (χ2n) is 7.96. The number of hydrogen-bond donors (Lipinski definition) is 1. The molecule has 0 unspecified atom stereocenters. The molecule has 4 nitrogen and oxygen atoms in total. The summed E-state index contributed by atoms with van der Waals surface area (Å²) in [4.78, 5) is 14.3. The van der Waals surface area contributed by atoms with Gasteiger partial charge in [-0.15, -0.1) is 0 Å². The fraction of sp³-hybridized carbons (Fsp3) is 0.138. The van der Waals surface area contributed by atoms with E-state index in [0.717, 1.165) is 16.7 Å². The van der Waals surface area contributed by atoms with Crippen molar-refractivity contribution < 1.29 is 14.3 Å². The molecular formula is C29H26ClNO3. The number of carbonyl (C=O) groups is 1. The third-order valence-corrected chi connectivity index (χ3v) is 6.21. The molecule has 34 heavy (non-hydrogen) atoms. The molecule has 0 saturated heterocycles. The van der Waals surface area contributed by atoms with Crippen LogP contribution in [0.3, 0.4) is 0 Å². The largest absolute Gasteiger partial charge is 0.497 e. The Balaban J connectivity index is 1.87. The van der Waals surface area contributed by atoms with Crippen LogP contribution in [0, 0.1) is 0 Å². The molecule has 4 rings (SSSR count). The molecule has 0 aromatic heterocycles. The number of nitrogens with one attached hydrogen (secondary N) is 1. The summed E-state index contributed by atoms with van der Waals surface area (Å²) in [6, 6.07) is 32.7. The predicted molar refractivity (Wildman–Crippen MR) is 137 cm³/mol. The Bertz CT molecular complexity index is 1200. The lowest BCUT2D eigenvalue weighted by molar-refractivity contribution is -0.120. The van der Waals surface area contributed by atoms with Gasteiger partial charge in [-0.1, -0.05) is 84.4 Å². The smallest absolute Gasteiger partial charge is 0.239 e. The molecule has 172 valence electrons. The zero-order valence-corrected chi connectivity index (χ0v) is 19.9. The van der Waals surface area contributed by atoms with E-state index in [1.165, 1.54) is 0 Å². The van der Waals surface area contributed by atoms with Gasteiger partial charge < -0.3 is 14.8 Å². The lowest BCUT2D eigenvalue weighted by atomic mass is 9.69. The molecule has 4 aromatic carbocycles. The normalized spacial score (nSPS) is 11.0. The lowest BCUT2D eigenvalue weighted by Gasteiger charge is -2.34. The van der Waals surface area contributed by atoms with Crippen LogP contribution in [0.5, 0.6) is 11.5 Å². The van der Waals surface area contributed by atoms with E-state index in [1.54, 1.807) is 32.4 Å². The van der Waals surface area contributed by atoms with Crippen LogP contribution in [0.1, 0.15) is 16.7 Å². The Labute approximate surface area is 205 Å². The third kappa shape index (κ3) is 4.78. The summed E-state index contributed by atoms with van der Waals surface area (Å²) >= 11 is 6.14. The second kappa shape index (κ2) is 10.4. The number of ether oxygens (including phenoxy) is 2. The molecule has 0 radical (unpaired) electrons. The van der Waals surface area contributed by atoms with Crippen LogP contribution in [0.15, 0.2) is 103 Å². The zero-order valence-electron chi connectivity index (χ0n) is 19.1. The van der Waals surface area contributed by atoms with Crippen molar-refractivity contribution in [3.8, 4) is 11.5 Å². The van der Waals surface area contributed by atoms with Gasteiger partial charge in [-0.25, -0.2) is 0 Å². The standard InChI is InChI=1S/C29H26ClNO3/c1-33-25-17-18-26(27(19-25)34-2)31-28(32)29(22-9-5-3-6-10-22,23-11-7-4-8-12-23)20-21-13-15-24(30)16-14-21/h3-19H,20H2,1-2H3,(H,31,32). The molecule has 1 amide bonds. The van der Waals surface area contributed by atoms with Crippen LogP contribution in [-0.2, 0) is 16.6 Å². The van der Waals surface area contributed by atoms with Crippen LogP contribution in [-0.4, -0.2) is 20.1 Å². The van der Waals surface area contributed by atoms with Gasteiger partial charge in [0, 0.05) is 11.1 Å². The SMILES string of the molecule is COc1ccc(NC(=O)C(Cc2ccc(Cl)cc2)(c2ccccc2)c2ccccc2)c(OC)c1. The molecule has 4 aromatic rings. The van der Waals surface area contributed by atoms with E-state index in [0.29, 0.717) is 28.6 Å². The van der Waals surface area contributed by atoms with E-state index < -0.39 is 5.41 Å². The van der Waals surface area contributed by atoms with Crippen molar-refractivity contribution in [2.75, 3.05) is 19.5 Å². The maximum absolute atomic E-state index is 14.3. The number of hydrogen-bond acceptors (Lipinski definition) is 3. The number of benzene rings is 4. The minimum absolute atomic E-state index is 0.164. The van der Waals surface area contributed by atoms with Crippen LogP contribution < -0.4 is 14.8 Å². The van der Waals surface area contributed by atoms with Crippen molar-refractivity contribution in [1.29, 1.82) is 0 Å². The highest BCUT2D eigenvalue weighted by Gasteiger charge is 2.42. The summed E-state index contributed by atoms with van der Waals surface area (Å²) in [5, 5.41) is 3.79. The molecule has 0 atom stereocenters. The van der Waals surface area contributed by atoms with Crippen molar-refractivity contribution in [2.45, 2.75) is 11.8 Å². The topological polar surface area (TPSA) is 47.6 Å². The molecule has 0 spiro atoms. The molecule has 0 aliphatic carbocycles. The van der Waals surface area contributed by atoms with Crippen LogP contribution in [0.2, 0.25) is 5.02 Å². The Morgan fingerprint density at radius 1 is 0.794 bits per heavy atom. The van der Waals surface area contributed by atoms with Gasteiger partial charge >= 0.3 is 0 Å². The number of rotatable bonds is 8. The van der Waals surface area contributed by atoms with Crippen LogP contribution in [0.4, 0.5) is 5.69 Å².